The van der Waals surface area contributed by atoms with E-state index in [2.05, 4.69) is 12.7 Å². The summed E-state index contributed by atoms with van der Waals surface area (Å²) in [5.74, 6) is -1.67. The maximum atomic E-state index is 15.0. The van der Waals surface area contributed by atoms with Crippen LogP contribution in [0.15, 0.2) is 114 Å². The van der Waals surface area contributed by atoms with Gasteiger partial charge in [0, 0.05) is 49.8 Å². The number of unbranched alkanes of at least 4 members (excludes halogenated alkanes) is 2. The molecule has 0 unspecified atom stereocenters. The minimum Gasteiger partial charge on any atom is -0.496 e. The van der Waals surface area contributed by atoms with Crippen LogP contribution < -0.4 is 18.9 Å². The Balaban J connectivity index is 1.47. The Hall–Kier alpha value is -6.62. The summed E-state index contributed by atoms with van der Waals surface area (Å²) in [6.07, 6.45) is 7.68. The minimum absolute atomic E-state index is 0.00400. The molecule has 0 spiro atoms. The molecule has 1 amide bonds. The lowest BCUT2D eigenvalue weighted by molar-refractivity contribution is -0.384. The second kappa shape index (κ2) is 22.2. The fourth-order valence-electron chi connectivity index (χ4n) is 9.79. The SMILES string of the molecule is C=CCO[C@@]12Oc3ccc(Oc4ccc(OC)c(C=O)c4)cc3[C@H]3[C@H](CCCCO)[C@@H](CCCCO)C=C(C(=NOC(C)(C)C)C[C@@H]1N(Cc1ccc(F)cc1)C(=O)Oc1ccc([N+](=O)[O-])cc1)[C@H]32. The molecule has 2 N–H and O–H groups in total. The van der Waals surface area contributed by atoms with Crippen molar-refractivity contribution < 1.29 is 57.6 Å². The number of nitro groups is 1. The van der Waals surface area contributed by atoms with Crippen LogP contribution in [-0.4, -0.2) is 82.5 Å². The minimum atomic E-state index is -1.69. The van der Waals surface area contributed by atoms with Crippen LogP contribution in [0.25, 0.3) is 0 Å². The number of oxime groups is 1. The van der Waals surface area contributed by atoms with E-state index in [0.29, 0.717) is 71.8 Å². The van der Waals surface area contributed by atoms with E-state index in [9.17, 15) is 29.5 Å². The Kier molecular flexibility index (Phi) is 16.2. The molecular formula is C53H60FN3O12. The van der Waals surface area contributed by atoms with Crippen molar-refractivity contribution in [3.8, 4) is 28.7 Å². The molecule has 1 heterocycles. The largest absolute Gasteiger partial charge is 0.496 e. The zero-order valence-electron chi connectivity index (χ0n) is 39.4. The first-order chi connectivity index (χ1) is 33.2. The van der Waals surface area contributed by atoms with Crippen molar-refractivity contribution >= 4 is 23.8 Å². The molecule has 6 atom stereocenters. The van der Waals surface area contributed by atoms with E-state index in [1.54, 1.807) is 48.5 Å². The van der Waals surface area contributed by atoms with Crippen LogP contribution in [0.5, 0.6) is 28.7 Å². The summed E-state index contributed by atoms with van der Waals surface area (Å²) in [7, 11) is 1.48. The van der Waals surface area contributed by atoms with Crippen LogP contribution in [0.1, 0.15) is 93.1 Å². The molecule has 2 aliphatic carbocycles. The number of carbonyl (C=O) groups is 2. The Bertz CT molecular complexity index is 2520. The van der Waals surface area contributed by atoms with Crippen LogP contribution in [-0.2, 0) is 16.1 Å². The molecule has 3 aliphatic rings. The van der Waals surface area contributed by atoms with Gasteiger partial charge in [0.05, 0.1) is 35.8 Å². The lowest BCUT2D eigenvalue weighted by Crippen LogP contribution is -2.70. The van der Waals surface area contributed by atoms with Gasteiger partial charge in [0.25, 0.3) is 5.69 Å². The number of nitrogens with zero attached hydrogens (tertiary/aromatic N) is 3. The molecule has 0 aromatic heterocycles. The molecule has 1 saturated carbocycles. The third-order valence-electron chi connectivity index (χ3n) is 12.8. The zero-order valence-corrected chi connectivity index (χ0v) is 39.4. The van der Waals surface area contributed by atoms with Gasteiger partial charge in [0.1, 0.15) is 46.2 Å². The number of hydrogen-bond acceptors (Lipinski definition) is 13. The van der Waals surface area contributed by atoms with Crippen molar-refractivity contribution in [2.75, 3.05) is 26.9 Å². The van der Waals surface area contributed by atoms with Crippen molar-refractivity contribution in [3.05, 3.63) is 142 Å². The average molecular weight is 950 g/mol. The molecule has 15 nitrogen and oxygen atoms in total. The normalized spacial score (nSPS) is 22.0. The van der Waals surface area contributed by atoms with E-state index >= 15 is 4.79 Å². The Labute approximate surface area is 401 Å². The predicted molar refractivity (Wildman–Crippen MR) is 255 cm³/mol. The fraction of sp³-hybridized carbons (Fsp3) is 0.415. The predicted octanol–water partition coefficient (Wildman–Crippen LogP) is 10.5. The summed E-state index contributed by atoms with van der Waals surface area (Å²) in [5.41, 5.74) is 2.08. The highest BCUT2D eigenvalue weighted by Crippen LogP contribution is 2.62. The highest BCUT2D eigenvalue weighted by Gasteiger charge is 2.66. The molecule has 0 bridgehead atoms. The number of hydrogen-bond donors (Lipinski definition) is 2. The standard InChI is InChI=1S/C53H60FN3O12/c1-6-27-65-53-48(56(32-34-13-15-37(54)16-14-34)51(61)67-39-19-17-38(18-20-39)57(62)63)31-45(55-69-52(2,3)4)43-29-35(11-7-9-25-58)42(12-8-10-26-59)49(50(43)53)44-30-41(22-24-47(44)68-53)66-40-21-23-46(64-5)36(28-40)33-60/h6,13-24,28-30,33,35,42,48-50,58-59H,1,7-12,25-27,31-32H2,2-5H3/t35-,42+,48-,49+,50+,53+/m0/s1. The first kappa shape index (κ1) is 50.3. The third kappa shape index (κ3) is 11.5. The Morgan fingerprint density at radius 3 is 2.30 bits per heavy atom. The summed E-state index contributed by atoms with van der Waals surface area (Å²) < 4.78 is 46.7. The number of aliphatic hydroxyl groups is 2. The van der Waals surface area contributed by atoms with Crippen molar-refractivity contribution in [1.82, 2.24) is 4.90 Å². The number of carbonyl (C=O) groups excluding carboxylic acids is 2. The molecule has 1 fully saturated rings. The quantitative estimate of drug-likeness (QED) is 0.0265. The van der Waals surface area contributed by atoms with E-state index in [4.69, 9.17) is 33.7 Å². The number of ether oxygens (including phenoxy) is 5. The van der Waals surface area contributed by atoms with E-state index in [-0.39, 0.29) is 56.1 Å². The van der Waals surface area contributed by atoms with Gasteiger partial charge in [-0.05, 0) is 130 Å². The molecule has 0 saturated heterocycles. The fourth-order valence-corrected chi connectivity index (χ4v) is 9.79. The maximum absolute atomic E-state index is 15.0. The molecular weight excluding hydrogens is 890 g/mol. The summed E-state index contributed by atoms with van der Waals surface area (Å²) in [5, 5.41) is 36.4. The van der Waals surface area contributed by atoms with Crippen molar-refractivity contribution in [1.29, 1.82) is 0 Å². The van der Waals surface area contributed by atoms with Gasteiger partial charge in [0.2, 0.25) is 5.79 Å². The lowest BCUT2D eigenvalue weighted by atomic mass is 9.55. The number of nitro benzene ring substituents is 1. The van der Waals surface area contributed by atoms with Gasteiger partial charge in [-0.25, -0.2) is 9.18 Å². The van der Waals surface area contributed by atoms with E-state index in [0.717, 1.165) is 24.0 Å². The highest BCUT2D eigenvalue weighted by atomic mass is 19.1. The van der Waals surface area contributed by atoms with Crippen LogP contribution in [0.3, 0.4) is 0 Å². The molecule has 366 valence electrons. The number of non-ortho nitro benzene ring substituents is 1. The van der Waals surface area contributed by atoms with Crippen LogP contribution in [0.4, 0.5) is 14.9 Å². The van der Waals surface area contributed by atoms with Crippen molar-refractivity contribution in [3.63, 3.8) is 0 Å². The van der Waals surface area contributed by atoms with Crippen molar-refractivity contribution in [2.24, 2.45) is 22.9 Å². The van der Waals surface area contributed by atoms with Crippen molar-refractivity contribution in [2.45, 2.75) is 95.6 Å². The van der Waals surface area contributed by atoms with Gasteiger partial charge < -0.3 is 38.7 Å². The number of benzene rings is 4. The monoisotopic (exact) mass is 949 g/mol. The molecule has 4 aromatic carbocycles. The van der Waals surface area contributed by atoms with E-state index in [1.165, 1.54) is 48.4 Å². The number of halogens is 1. The second-order valence-corrected chi connectivity index (χ2v) is 18.5. The highest BCUT2D eigenvalue weighted by molar-refractivity contribution is 6.03. The van der Waals surface area contributed by atoms with Gasteiger partial charge in [-0.15, -0.1) is 6.58 Å². The lowest BCUT2D eigenvalue weighted by Gasteiger charge is -2.60. The molecule has 0 radical (unpaired) electrons. The summed E-state index contributed by atoms with van der Waals surface area (Å²) >= 11 is 0. The summed E-state index contributed by atoms with van der Waals surface area (Å²) in [4.78, 5) is 45.7. The second-order valence-electron chi connectivity index (χ2n) is 18.5. The summed E-state index contributed by atoms with van der Waals surface area (Å²) in [6.45, 7) is 9.55. The first-order valence-corrected chi connectivity index (χ1v) is 23.3. The van der Waals surface area contributed by atoms with Crippen LogP contribution in [0.2, 0.25) is 0 Å². The number of amides is 1. The first-order valence-electron chi connectivity index (χ1n) is 23.3. The van der Waals surface area contributed by atoms with Gasteiger partial charge in [-0.3, -0.25) is 19.8 Å². The van der Waals surface area contributed by atoms with Gasteiger partial charge >= 0.3 is 6.09 Å². The van der Waals surface area contributed by atoms with Gasteiger partial charge in [-0.1, -0.05) is 42.3 Å². The number of methoxy groups -OCH3 is 1. The summed E-state index contributed by atoms with van der Waals surface area (Å²) in [6, 6.07) is 20.3. The smallest absolute Gasteiger partial charge is 0.416 e. The Morgan fingerprint density at radius 2 is 1.65 bits per heavy atom. The van der Waals surface area contributed by atoms with E-state index < -0.39 is 46.1 Å². The molecule has 7 rings (SSSR count). The Morgan fingerprint density at radius 1 is 0.971 bits per heavy atom. The van der Waals surface area contributed by atoms with Gasteiger partial charge in [0.15, 0.2) is 6.29 Å². The van der Waals surface area contributed by atoms with Gasteiger partial charge in [-0.2, -0.15) is 0 Å². The average Bonchev–Trinajstić information content (AvgIpc) is 3.33. The maximum Gasteiger partial charge on any atom is 0.416 e. The number of rotatable bonds is 21. The molecule has 16 heteroatoms. The third-order valence-corrected chi connectivity index (χ3v) is 12.8. The number of allylic oxidation sites excluding steroid dienone is 1. The number of aliphatic hydroxyl groups excluding tert-OH is 2. The molecule has 4 aromatic rings. The molecule has 69 heavy (non-hydrogen) atoms. The van der Waals surface area contributed by atoms with E-state index in [1.807, 2.05) is 26.8 Å². The van der Waals surface area contributed by atoms with Crippen LogP contribution in [0, 0.1) is 33.7 Å². The number of aldehydes is 1. The molecule has 1 aliphatic heterocycles. The zero-order chi connectivity index (χ0) is 49.3. The number of fused-ring (bicyclic) bond motifs is 2. The van der Waals surface area contributed by atoms with Crippen LogP contribution >= 0.6 is 0 Å². The topological polar surface area (TPSA) is 189 Å².